The summed E-state index contributed by atoms with van der Waals surface area (Å²) in [7, 11) is 0. The zero-order valence-corrected chi connectivity index (χ0v) is 8.88. The van der Waals surface area contributed by atoms with Gasteiger partial charge in [0.2, 0.25) is 0 Å². The van der Waals surface area contributed by atoms with Crippen molar-refractivity contribution in [2.24, 2.45) is 11.7 Å². The highest BCUT2D eigenvalue weighted by atomic mass is 16.5. The molecule has 0 saturated heterocycles. The Bertz CT molecular complexity index is 148. The van der Waals surface area contributed by atoms with Crippen LogP contribution < -0.4 is 5.73 Å². The minimum Gasteiger partial charge on any atom is -0.463 e. The van der Waals surface area contributed by atoms with Crippen molar-refractivity contribution in [2.75, 3.05) is 6.54 Å². The van der Waals surface area contributed by atoms with Crippen molar-refractivity contribution < 1.29 is 9.53 Å². The van der Waals surface area contributed by atoms with Gasteiger partial charge in [-0.15, -0.1) is 0 Å². The molecule has 0 aromatic rings. The molecule has 0 fully saturated rings. The molecule has 0 aromatic heterocycles. The van der Waals surface area contributed by atoms with E-state index in [1.54, 1.807) is 0 Å². The summed E-state index contributed by atoms with van der Waals surface area (Å²) >= 11 is 0. The second-order valence-corrected chi connectivity index (χ2v) is 3.59. The number of esters is 1. The fourth-order valence-corrected chi connectivity index (χ4v) is 0.849. The maximum Gasteiger partial charge on any atom is 0.306 e. The first-order valence-corrected chi connectivity index (χ1v) is 4.99. The minimum absolute atomic E-state index is 0.0423. The SMILES string of the molecule is CCC(C)OC(=O)CCC(C)CN. The Morgan fingerprint density at radius 1 is 1.46 bits per heavy atom. The van der Waals surface area contributed by atoms with Crippen LogP contribution in [0.15, 0.2) is 0 Å². The topological polar surface area (TPSA) is 52.3 Å². The lowest BCUT2D eigenvalue weighted by Gasteiger charge is -2.12. The van der Waals surface area contributed by atoms with Gasteiger partial charge in [-0.2, -0.15) is 0 Å². The van der Waals surface area contributed by atoms with Gasteiger partial charge in [0.25, 0.3) is 0 Å². The average molecular weight is 187 g/mol. The van der Waals surface area contributed by atoms with Crippen molar-refractivity contribution in [3.63, 3.8) is 0 Å². The zero-order valence-electron chi connectivity index (χ0n) is 8.88. The van der Waals surface area contributed by atoms with E-state index in [-0.39, 0.29) is 12.1 Å². The van der Waals surface area contributed by atoms with E-state index >= 15 is 0 Å². The predicted molar refractivity (Wildman–Crippen MR) is 53.3 cm³/mol. The van der Waals surface area contributed by atoms with Crippen molar-refractivity contribution in [3.8, 4) is 0 Å². The first-order valence-electron chi connectivity index (χ1n) is 4.99. The van der Waals surface area contributed by atoms with Gasteiger partial charge in [-0.05, 0) is 32.2 Å². The number of hydrogen-bond donors (Lipinski definition) is 1. The molecule has 2 atom stereocenters. The lowest BCUT2D eigenvalue weighted by atomic mass is 10.1. The molecule has 0 spiro atoms. The predicted octanol–water partition coefficient (Wildman–Crippen LogP) is 1.70. The second-order valence-electron chi connectivity index (χ2n) is 3.59. The normalized spacial score (nSPS) is 15.1. The number of carbonyl (C=O) groups is 1. The number of carbonyl (C=O) groups excluding carboxylic acids is 1. The molecule has 0 aromatic carbocycles. The van der Waals surface area contributed by atoms with E-state index in [0.29, 0.717) is 18.9 Å². The molecule has 0 aliphatic rings. The van der Waals surface area contributed by atoms with Crippen molar-refractivity contribution in [1.82, 2.24) is 0 Å². The molecule has 0 saturated carbocycles. The van der Waals surface area contributed by atoms with Crippen LogP contribution in [0.25, 0.3) is 0 Å². The zero-order chi connectivity index (χ0) is 10.3. The molecule has 0 radical (unpaired) electrons. The lowest BCUT2D eigenvalue weighted by molar-refractivity contribution is -0.148. The fraction of sp³-hybridized carbons (Fsp3) is 0.900. The highest BCUT2D eigenvalue weighted by Gasteiger charge is 2.09. The Hall–Kier alpha value is -0.570. The van der Waals surface area contributed by atoms with Gasteiger partial charge in [0.1, 0.15) is 0 Å². The Labute approximate surface area is 80.6 Å². The van der Waals surface area contributed by atoms with E-state index in [1.165, 1.54) is 0 Å². The summed E-state index contributed by atoms with van der Waals surface area (Å²) in [6.07, 6.45) is 2.23. The van der Waals surface area contributed by atoms with Crippen molar-refractivity contribution in [2.45, 2.75) is 46.1 Å². The third-order valence-electron chi connectivity index (χ3n) is 2.15. The van der Waals surface area contributed by atoms with E-state index in [2.05, 4.69) is 0 Å². The molecule has 0 aliphatic heterocycles. The molecule has 0 rings (SSSR count). The minimum atomic E-state index is -0.102. The first-order chi connectivity index (χ1) is 6.10. The monoisotopic (exact) mass is 187 g/mol. The third kappa shape index (κ3) is 6.58. The average Bonchev–Trinajstić information content (AvgIpc) is 2.13. The first kappa shape index (κ1) is 12.4. The standard InChI is InChI=1S/C10H21NO2/c1-4-9(3)13-10(12)6-5-8(2)7-11/h8-9H,4-7,11H2,1-3H3. The maximum atomic E-state index is 11.2. The van der Waals surface area contributed by atoms with E-state index in [1.807, 2.05) is 20.8 Å². The summed E-state index contributed by atoms with van der Waals surface area (Å²) in [6.45, 7) is 6.58. The molecular weight excluding hydrogens is 166 g/mol. The Balaban J connectivity index is 3.51. The highest BCUT2D eigenvalue weighted by molar-refractivity contribution is 5.69. The molecule has 0 heterocycles. The van der Waals surface area contributed by atoms with Gasteiger partial charge < -0.3 is 10.5 Å². The summed E-state index contributed by atoms with van der Waals surface area (Å²) in [5, 5.41) is 0. The van der Waals surface area contributed by atoms with E-state index in [4.69, 9.17) is 10.5 Å². The van der Waals surface area contributed by atoms with Gasteiger partial charge in [-0.1, -0.05) is 13.8 Å². The molecule has 13 heavy (non-hydrogen) atoms. The summed E-state index contributed by atoms with van der Waals surface area (Å²) in [6, 6.07) is 0. The molecule has 0 aliphatic carbocycles. The molecule has 2 unspecified atom stereocenters. The molecule has 0 bridgehead atoms. The van der Waals surface area contributed by atoms with Gasteiger partial charge in [-0.25, -0.2) is 0 Å². The highest BCUT2D eigenvalue weighted by Crippen LogP contribution is 2.06. The number of nitrogens with two attached hydrogens (primary N) is 1. The van der Waals surface area contributed by atoms with Crippen LogP contribution in [0.2, 0.25) is 0 Å². The number of hydrogen-bond acceptors (Lipinski definition) is 3. The third-order valence-corrected chi connectivity index (χ3v) is 2.15. The van der Waals surface area contributed by atoms with Crippen LogP contribution in [-0.4, -0.2) is 18.6 Å². The fourth-order valence-electron chi connectivity index (χ4n) is 0.849. The van der Waals surface area contributed by atoms with Crippen molar-refractivity contribution >= 4 is 5.97 Å². The van der Waals surface area contributed by atoms with Gasteiger partial charge in [-0.3, -0.25) is 4.79 Å². The van der Waals surface area contributed by atoms with E-state index in [9.17, 15) is 4.79 Å². The largest absolute Gasteiger partial charge is 0.463 e. The van der Waals surface area contributed by atoms with Gasteiger partial charge in [0.15, 0.2) is 0 Å². The maximum absolute atomic E-state index is 11.2. The van der Waals surface area contributed by atoms with Gasteiger partial charge >= 0.3 is 5.97 Å². The van der Waals surface area contributed by atoms with Gasteiger partial charge in [0.05, 0.1) is 6.10 Å². The van der Waals surface area contributed by atoms with Crippen LogP contribution in [0.5, 0.6) is 0 Å². The van der Waals surface area contributed by atoms with Crippen LogP contribution in [0.4, 0.5) is 0 Å². The van der Waals surface area contributed by atoms with Crippen molar-refractivity contribution in [3.05, 3.63) is 0 Å². The molecule has 3 heteroatoms. The molecule has 0 amide bonds. The molecule has 78 valence electrons. The Kier molecular flexibility index (Phi) is 6.59. The van der Waals surface area contributed by atoms with Crippen molar-refractivity contribution in [1.29, 1.82) is 0 Å². The Morgan fingerprint density at radius 2 is 2.08 bits per heavy atom. The van der Waals surface area contributed by atoms with Crippen LogP contribution in [0.1, 0.15) is 40.0 Å². The summed E-state index contributed by atoms with van der Waals surface area (Å²) in [5.41, 5.74) is 5.43. The summed E-state index contributed by atoms with van der Waals surface area (Å²) in [4.78, 5) is 11.2. The van der Waals surface area contributed by atoms with E-state index in [0.717, 1.165) is 12.8 Å². The molecular formula is C10H21NO2. The Morgan fingerprint density at radius 3 is 2.54 bits per heavy atom. The number of ether oxygens (including phenoxy) is 1. The van der Waals surface area contributed by atoms with E-state index < -0.39 is 0 Å². The molecule has 3 nitrogen and oxygen atoms in total. The van der Waals surface area contributed by atoms with Gasteiger partial charge in [0, 0.05) is 6.42 Å². The number of rotatable bonds is 6. The summed E-state index contributed by atoms with van der Waals surface area (Å²) < 4.78 is 5.11. The van der Waals surface area contributed by atoms with Crippen LogP contribution in [-0.2, 0) is 9.53 Å². The summed E-state index contributed by atoms with van der Waals surface area (Å²) in [5.74, 6) is 0.305. The van der Waals surface area contributed by atoms with Crippen LogP contribution in [0.3, 0.4) is 0 Å². The van der Waals surface area contributed by atoms with Crippen LogP contribution in [0, 0.1) is 5.92 Å². The lowest BCUT2D eigenvalue weighted by Crippen LogP contribution is -2.16. The smallest absolute Gasteiger partial charge is 0.306 e. The van der Waals surface area contributed by atoms with Crippen LogP contribution >= 0.6 is 0 Å². The molecule has 2 N–H and O–H groups in total. The second kappa shape index (κ2) is 6.89. The quantitative estimate of drug-likeness (QED) is 0.644.